The fraction of sp³-hybridized carbons (Fsp3) is 0.207. The molecule has 9 heteroatoms. The number of nitrogens with zero attached hydrogens (tertiary/aromatic N) is 1. The third-order valence-electron chi connectivity index (χ3n) is 5.25. The summed E-state index contributed by atoms with van der Waals surface area (Å²) >= 11 is 5.89. The van der Waals surface area contributed by atoms with Gasteiger partial charge < -0.3 is 33.9 Å². The van der Waals surface area contributed by atoms with Gasteiger partial charge in [-0.25, -0.2) is 0 Å². The summed E-state index contributed by atoms with van der Waals surface area (Å²) in [7, 11) is 6.76. The van der Waals surface area contributed by atoms with Gasteiger partial charge in [0.25, 0.3) is 0 Å². The maximum Gasteiger partial charge on any atom is 0.162 e. The Morgan fingerprint density at radius 3 is 1.87 bits per heavy atom. The molecule has 8 nitrogen and oxygen atoms in total. The van der Waals surface area contributed by atoms with Gasteiger partial charge in [0.15, 0.2) is 11.5 Å². The molecule has 0 unspecified atom stereocenters. The van der Waals surface area contributed by atoms with Crippen molar-refractivity contribution in [3.63, 3.8) is 0 Å². The lowest BCUT2D eigenvalue weighted by Gasteiger charge is -2.12. The van der Waals surface area contributed by atoms with E-state index in [2.05, 4.69) is 10.3 Å². The number of carbonyl (C=O) groups excluding carboxylic acids is 2. The number of anilines is 1. The summed E-state index contributed by atoms with van der Waals surface area (Å²) in [6, 6.07) is 17.2. The molecule has 1 N–H and O–H groups in total. The van der Waals surface area contributed by atoms with E-state index in [1.54, 1.807) is 27.5 Å². The Labute approximate surface area is 228 Å². The highest BCUT2D eigenvalue weighted by molar-refractivity contribution is 6.31. The van der Waals surface area contributed by atoms with Gasteiger partial charge in [-0.3, -0.25) is 4.98 Å². The summed E-state index contributed by atoms with van der Waals surface area (Å²) in [4.78, 5) is 20.4. The number of methoxy groups -OCH3 is 3. The van der Waals surface area contributed by atoms with Gasteiger partial charge in [0.1, 0.15) is 30.8 Å². The predicted octanol–water partition coefficient (Wildman–Crippen LogP) is 6.68. The second-order valence-corrected chi connectivity index (χ2v) is 7.89. The molecule has 0 atom stereocenters. The molecular formula is C29H33ClN2O6. The van der Waals surface area contributed by atoms with Crippen molar-refractivity contribution in [2.45, 2.75) is 13.8 Å². The molecule has 0 fully saturated rings. The van der Waals surface area contributed by atoms with Crippen LogP contribution in [-0.4, -0.2) is 46.9 Å². The largest absolute Gasteiger partial charge is 0.496 e. The summed E-state index contributed by atoms with van der Waals surface area (Å²) in [5.74, 6) is 3.65. The first-order chi connectivity index (χ1) is 18.4. The number of aryl methyl sites for hydroxylation is 2. The monoisotopic (exact) mass is 540 g/mol. The molecule has 202 valence electrons. The van der Waals surface area contributed by atoms with Crippen molar-refractivity contribution in [1.82, 2.24) is 4.98 Å². The van der Waals surface area contributed by atoms with Crippen LogP contribution in [0.5, 0.6) is 28.7 Å². The standard InChI is InChI=1S/C18H18N2O3.C9H11ClO.2CH2O/c1-19-12-4-6-13(7-5-12)23-16-8-9-20-15-11-18(22-3)17(21-2)10-14(15)16;1-6-5-9(11-3)7(2)4-8(6)10;2*1-2/h4-11,19H,1-3H3;4-5H,1-3H3;2*1H2. The van der Waals surface area contributed by atoms with Crippen LogP contribution in [-0.2, 0) is 9.59 Å². The third-order valence-corrected chi connectivity index (χ3v) is 5.66. The zero-order valence-corrected chi connectivity index (χ0v) is 23.2. The fourth-order valence-corrected chi connectivity index (χ4v) is 3.55. The van der Waals surface area contributed by atoms with Crippen molar-refractivity contribution in [3.8, 4) is 28.7 Å². The molecule has 0 saturated carbocycles. The SMILES string of the molecule is C=O.C=O.CNc1ccc(Oc2ccnc3cc(OC)c(OC)cc23)cc1.COc1cc(C)c(Cl)cc1C. The van der Waals surface area contributed by atoms with Crippen molar-refractivity contribution in [2.24, 2.45) is 0 Å². The molecule has 3 aromatic carbocycles. The number of carbonyl (C=O) groups is 2. The number of rotatable bonds is 6. The third kappa shape index (κ3) is 8.38. The van der Waals surface area contributed by atoms with E-state index in [0.29, 0.717) is 17.2 Å². The molecule has 4 aromatic rings. The topological polar surface area (TPSA) is 96.0 Å². The van der Waals surface area contributed by atoms with Crippen LogP contribution in [0, 0.1) is 13.8 Å². The number of aromatic nitrogens is 1. The highest BCUT2D eigenvalue weighted by Gasteiger charge is 2.11. The smallest absolute Gasteiger partial charge is 0.162 e. The molecule has 0 radical (unpaired) electrons. The first-order valence-electron chi connectivity index (χ1n) is 11.2. The van der Waals surface area contributed by atoms with E-state index >= 15 is 0 Å². The van der Waals surface area contributed by atoms with Gasteiger partial charge in [0, 0.05) is 35.4 Å². The number of benzene rings is 3. The van der Waals surface area contributed by atoms with Crippen molar-refractivity contribution in [3.05, 3.63) is 76.9 Å². The minimum absolute atomic E-state index is 0.642. The molecule has 0 amide bonds. The molecule has 0 saturated heterocycles. The van der Waals surface area contributed by atoms with E-state index in [9.17, 15) is 0 Å². The molecule has 0 aliphatic carbocycles. The predicted molar refractivity (Wildman–Crippen MR) is 153 cm³/mol. The van der Waals surface area contributed by atoms with Gasteiger partial charge in [-0.1, -0.05) is 11.6 Å². The Bertz CT molecular complexity index is 1300. The zero-order valence-electron chi connectivity index (χ0n) is 22.5. The Balaban J connectivity index is 0.000000405. The number of hydrogen-bond acceptors (Lipinski definition) is 8. The van der Waals surface area contributed by atoms with Crippen LogP contribution in [0.3, 0.4) is 0 Å². The molecule has 38 heavy (non-hydrogen) atoms. The van der Waals surface area contributed by atoms with Crippen LogP contribution < -0.4 is 24.3 Å². The highest BCUT2D eigenvalue weighted by Crippen LogP contribution is 2.37. The number of hydrogen-bond donors (Lipinski definition) is 1. The number of fused-ring (bicyclic) bond motifs is 1. The lowest BCUT2D eigenvalue weighted by molar-refractivity contribution is -0.0987. The van der Waals surface area contributed by atoms with Gasteiger partial charge in [-0.15, -0.1) is 0 Å². The summed E-state index contributed by atoms with van der Waals surface area (Å²) in [5.41, 5.74) is 3.94. The molecule has 1 aromatic heterocycles. The van der Waals surface area contributed by atoms with Gasteiger partial charge >= 0.3 is 0 Å². The molecule has 0 spiro atoms. The van der Waals surface area contributed by atoms with Crippen LogP contribution >= 0.6 is 11.6 Å². The Morgan fingerprint density at radius 1 is 0.737 bits per heavy atom. The van der Waals surface area contributed by atoms with Crippen LogP contribution in [0.1, 0.15) is 11.1 Å². The minimum atomic E-state index is 0.642. The molecule has 4 rings (SSSR count). The first-order valence-corrected chi connectivity index (χ1v) is 11.6. The lowest BCUT2D eigenvalue weighted by atomic mass is 10.1. The highest BCUT2D eigenvalue weighted by atomic mass is 35.5. The molecular weight excluding hydrogens is 508 g/mol. The van der Waals surface area contributed by atoms with Crippen molar-refractivity contribution in [1.29, 1.82) is 0 Å². The maximum absolute atomic E-state index is 8.00. The molecule has 0 aliphatic heterocycles. The van der Waals surface area contributed by atoms with Gasteiger partial charge in [0.05, 0.1) is 26.8 Å². The van der Waals surface area contributed by atoms with E-state index in [-0.39, 0.29) is 0 Å². The van der Waals surface area contributed by atoms with Crippen molar-refractivity contribution < 1.29 is 28.5 Å². The van der Waals surface area contributed by atoms with E-state index in [4.69, 9.17) is 40.1 Å². The van der Waals surface area contributed by atoms with Crippen LogP contribution in [0.25, 0.3) is 10.9 Å². The summed E-state index contributed by atoms with van der Waals surface area (Å²) in [5, 5.41) is 4.74. The number of nitrogens with one attached hydrogen (secondary N) is 1. The van der Waals surface area contributed by atoms with Crippen LogP contribution in [0.2, 0.25) is 5.02 Å². The van der Waals surface area contributed by atoms with Crippen LogP contribution in [0.15, 0.2) is 60.8 Å². The molecule has 0 bridgehead atoms. The fourth-order valence-electron chi connectivity index (χ4n) is 3.33. The summed E-state index contributed by atoms with van der Waals surface area (Å²) in [6.07, 6.45) is 1.71. The molecule has 1 heterocycles. The van der Waals surface area contributed by atoms with Gasteiger partial charge in [0.2, 0.25) is 0 Å². The Hall–Kier alpha value is -4.30. The van der Waals surface area contributed by atoms with Crippen molar-refractivity contribution in [2.75, 3.05) is 33.7 Å². The van der Waals surface area contributed by atoms with Crippen molar-refractivity contribution >= 4 is 41.8 Å². The lowest BCUT2D eigenvalue weighted by Crippen LogP contribution is -1.93. The van der Waals surface area contributed by atoms with E-state index in [1.807, 2.05) is 89.1 Å². The van der Waals surface area contributed by atoms with E-state index in [0.717, 1.165) is 44.2 Å². The van der Waals surface area contributed by atoms with Crippen LogP contribution in [0.4, 0.5) is 5.69 Å². The number of ether oxygens (including phenoxy) is 4. The first kappa shape index (κ1) is 31.7. The second-order valence-electron chi connectivity index (χ2n) is 7.48. The number of pyridine rings is 1. The van der Waals surface area contributed by atoms with E-state index < -0.39 is 0 Å². The Morgan fingerprint density at radius 2 is 1.32 bits per heavy atom. The average molecular weight is 541 g/mol. The molecule has 0 aliphatic rings. The summed E-state index contributed by atoms with van der Waals surface area (Å²) in [6.45, 7) is 7.94. The maximum atomic E-state index is 8.00. The second kappa shape index (κ2) is 16.4. The number of halogens is 1. The zero-order chi connectivity index (χ0) is 28.7. The van der Waals surface area contributed by atoms with Gasteiger partial charge in [-0.2, -0.15) is 0 Å². The summed E-state index contributed by atoms with van der Waals surface area (Å²) < 4.78 is 21.8. The quantitative estimate of drug-likeness (QED) is 0.289. The Kier molecular flexibility index (Phi) is 13.7. The van der Waals surface area contributed by atoms with Gasteiger partial charge in [-0.05, 0) is 73.5 Å². The van der Waals surface area contributed by atoms with E-state index in [1.165, 1.54) is 0 Å². The minimum Gasteiger partial charge on any atom is -0.496 e. The normalized spacial score (nSPS) is 9.34. The average Bonchev–Trinajstić information content (AvgIpc) is 2.97.